The van der Waals surface area contributed by atoms with Gasteiger partial charge in [0.1, 0.15) is 5.76 Å². The third-order valence-corrected chi connectivity index (χ3v) is 8.85. The first-order valence-corrected chi connectivity index (χ1v) is 13.2. The van der Waals surface area contributed by atoms with Crippen molar-refractivity contribution in [3.05, 3.63) is 58.4 Å². The number of nitrogens with zero attached hydrogens (tertiary/aromatic N) is 3. The molecule has 0 amide bonds. The number of pyridine rings is 1. The van der Waals surface area contributed by atoms with E-state index in [2.05, 4.69) is 26.5 Å². The quantitative estimate of drug-likeness (QED) is 0.614. The molecule has 5 aliphatic rings. The lowest BCUT2D eigenvalue weighted by Gasteiger charge is -2.52. The van der Waals surface area contributed by atoms with E-state index in [1.807, 2.05) is 22.8 Å². The Morgan fingerprint density at radius 3 is 2.85 bits per heavy atom. The SMILES string of the molecule is O=c1cccc2n1C[C@@H]1C[C@@H]2CN(C[C@@H]2CN3CC[C@H]2C[C@@H]3CNC(=S)NCc2ccco2)C1. The van der Waals surface area contributed by atoms with Crippen LogP contribution in [0.25, 0.3) is 0 Å². The van der Waals surface area contributed by atoms with Crippen molar-refractivity contribution in [2.75, 3.05) is 39.3 Å². The van der Waals surface area contributed by atoms with Gasteiger partial charge in [-0.25, -0.2) is 0 Å². The monoisotopic (exact) mass is 481 g/mol. The van der Waals surface area contributed by atoms with Crippen molar-refractivity contribution in [2.24, 2.45) is 17.8 Å². The molecule has 4 bridgehead atoms. The Hall–Kier alpha value is -2.16. The summed E-state index contributed by atoms with van der Waals surface area (Å²) in [6.45, 7) is 8.28. The Balaban J connectivity index is 1.00. The average molecular weight is 482 g/mol. The number of hydrogen-bond acceptors (Lipinski definition) is 5. The predicted molar refractivity (Wildman–Crippen MR) is 136 cm³/mol. The first kappa shape index (κ1) is 22.3. The van der Waals surface area contributed by atoms with Crippen molar-refractivity contribution >= 4 is 17.3 Å². The highest BCUT2D eigenvalue weighted by Crippen LogP contribution is 2.39. The molecular formula is C26H35N5O2S. The van der Waals surface area contributed by atoms with Gasteiger partial charge in [-0.05, 0) is 74.0 Å². The summed E-state index contributed by atoms with van der Waals surface area (Å²) in [4.78, 5) is 17.7. The van der Waals surface area contributed by atoms with Crippen LogP contribution in [0.3, 0.4) is 0 Å². The number of likely N-dealkylation sites (tertiary alicyclic amines) is 1. The molecule has 0 saturated carbocycles. The lowest BCUT2D eigenvalue weighted by atomic mass is 9.74. The molecule has 6 atom stereocenters. The molecule has 0 aliphatic carbocycles. The highest BCUT2D eigenvalue weighted by atomic mass is 32.1. The Morgan fingerprint density at radius 2 is 2.03 bits per heavy atom. The van der Waals surface area contributed by atoms with Crippen LogP contribution >= 0.6 is 12.2 Å². The predicted octanol–water partition coefficient (Wildman–Crippen LogP) is 2.24. The van der Waals surface area contributed by atoms with E-state index in [1.165, 1.54) is 44.6 Å². The molecule has 2 aromatic rings. The summed E-state index contributed by atoms with van der Waals surface area (Å²) in [6.07, 6.45) is 5.51. The Morgan fingerprint density at radius 1 is 1.09 bits per heavy atom. The first-order chi connectivity index (χ1) is 16.6. The zero-order chi connectivity index (χ0) is 23.1. The number of nitrogens with one attached hydrogen (secondary N) is 2. The maximum absolute atomic E-state index is 12.3. The van der Waals surface area contributed by atoms with Crippen molar-refractivity contribution < 1.29 is 4.42 Å². The summed E-state index contributed by atoms with van der Waals surface area (Å²) in [5.74, 6) is 3.57. The Bertz CT molecular complexity index is 1070. The van der Waals surface area contributed by atoms with Crippen molar-refractivity contribution in [2.45, 2.75) is 44.3 Å². The Kier molecular flexibility index (Phi) is 6.22. The van der Waals surface area contributed by atoms with Gasteiger partial charge >= 0.3 is 0 Å². The molecule has 0 spiro atoms. The number of aromatic nitrogens is 1. The zero-order valence-corrected chi connectivity index (χ0v) is 20.5. The molecule has 34 heavy (non-hydrogen) atoms. The van der Waals surface area contributed by atoms with Gasteiger partial charge < -0.3 is 24.5 Å². The van der Waals surface area contributed by atoms with Crippen LogP contribution < -0.4 is 16.2 Å². The van der Waals surface area contributed by atoms with E-state index in [0.717, 1.165) is 43.8 Å². The van der Waals surface area contributed by atoms with Gasteiger partial charge in [-0.2, -0.15) is 0 Å². The van der Waals surface area contributed by atoms with E-state index in [-0.39, 0.29) is 5.56 Å². The molecule has 5 aliphatic heterocycles. The lowest BCUT2D eigenvalue weighted by molar-refractivity contribution is -0.0189. The van der Waals surface area contributed by atoms with Crippen molar-refractivity contribution in [3.8, 4) is 0 Å². The first-order valence-electron chi connectivity index (χ1n) is 12.8. The van der Waals surface area contributed by atoms with E-state index >= 15 is 0 Å². The third-order valence-electron chi connectivity index (χ3n) is 8.56. The molecule has 4 fully saturated rings. The summed E-state index contributed by atoms with van der Waals surface area (Å²) in [5, 5.41) is 7.38. The largest absolute Gasteiger partial charge is 0.467 e. The average Bonchev–Trinajstić information content (AvgIpc) is 3.37. The summed E-state index contributed by atoms with van der Waals surface area (Å²) in [6, 6.07) is 10.2. The molecule has 7 rings (SSSR count). The lowest BCUT2D eigenvalue weighted by Crippen LogP contribution is -2.59. The van der Waals surface area contributed by atoms with Gasteiger partial charge in [0.2, 0.25) is 0 Å². The summed E-state index contributed by atoms with van der Waals surface area (Å²) >= 11 is 5.48. The second-order valence-electron chi connectivity index (χ2n) is 10.8. The molecule has 2 aromatic heterocycles. The molecule has 0 radical (unpaired) electrons. The van der Waals surface area contributed by atoms with Crippen LogP contribution in [-0.4, -0.2) is 64.8 Å². The van der Waals surface area contributed by atoms with Crippen LogP contribution in [0, 0.1) is 17.8 Å². The van der Waals surface area contributed by atoms with Gasteiger partial charge in [0.15, 0.2) is 5.11 Å². The van der Waals surface area contributed by atoms with Gasteiger partial charge in [-0.3, -0.25) is 9.69 Å². The minimum Gasteiger partial charge on any atom is -0.467 e. The number of furan rings is 1. The second kappa shape index (κ2) is 9.47. The highest BCUT2D eigenvalue weighted by Gasteiger charge is 2.42. The standard InChI is InChI=1S/C26H35N5O2S/c32-25-5-1-4-24-20-9-18(14-31(24)25)13-29(15-20)16-21-17-30-7-6-19(21)10-22(30)11-27-26(34)28-12-23-3-2-8-33-23/h1-5,8,18-22H,6-7,9-17H2,(H2,27,28,34)/t18-,19+,20-,21-,22-/m1/s1. The normalized spacial score (nSPS) is 32.2. The Labute approximate surface area is 206 Å². The van der Waals surface area contributed by atoms with Crippen LogP contribution in [0.2, 0.25) is 0 Å². The summed E-state index contributed by atoms with van der Waals surface area (Å²) in [5.41, 5.74) is 1.43. The molecule has 7 heterocycles. The van der Waals surface area contributed by atoms with Crippen LogP contribution in [0.5, 0.6) is 0 Å². The molecule has 0 aromatic carbocycles. The van der Waals surface area contributed by atoms with E-state index in [1.54, 1.807) is 12.3 Å². The van der Waals surface area contributed by atoms with Crippen LogP contribution in [-0.2, 0) is 13.1 Å². The van der Waals surface area contributed by atoms with E-state index in [4.69, 9.17) is 16.6 Å². The molecule has 7 nitrogen and oxygen atoms in total. The van der Waals surface area contributed by atoms with Crippen LogP contribution in [0.1, 0.15) is 36.6 Å². The maximum Gasteiger partial charge on any atom is 0.250 e. The van der Waals surface area contributed by atoms with E-state index in [0.29, 0.717) is 29.5 Å². The minimum absolute atomic E-state index is 0.174. The fraction of sp³-hybridized carbons (Fsp3) is 0.615. The number of rotatable bonds is 6. The van der Waals surface area contributed by atoms with Gasteiger partial charge in [0.25, 0.3) is 5.56 Å². The minimum atomic E-state index is 0.174. The van der Waals surface area contributed by atoms with Crippen molar-refractivity contribution in [3.63, 3.8) is 0 Å². The fourth-order valence-electron chi connectivity index (χ4n) is 7.00. The zero-order valence-electron chi connectivity index (χ0n) is 19.7. The highest BCUT2D eigenvalue weighted by molar-refractivity contribution is 7.80. The molecule has 4 saturated heterocycles. The third kappa shape index (κ3) is 4.55. The van der Waals surface area contributed by atoms with Crippen LogP contribution in [0.4, 0.5) is 0 Å². The molecule has 2 N–H and O–H groups in total. The van der Waals surface area contributed by atoms with Gasteiger partial charge in [0, 0.05) is 63.0 Å². The molecular weight excluding hydrogens is 446 g/mol. The van der Waals surface area contributed by atoms with E-state index < -0.39 is 0 Å². The van der Waals surface area contributed by atoms with Gasteiger partial charge in [-0.15, -0.1) is 0 Å². The molecule has 182 valence electrons. The number of piperidine rings is 4. The number of hydrogen-bond donors (Lipinski definition) is 2. The topological polar surface area (TPSA) is 65.7 Å². The maximum atomic E-state index is 12.3. The van der Waals surface area contributed by atoms with E-state index in [9.17, 15) is 4.79 Å². The van der Waals surface area contributed by atoms with Gasteiger partial charge in [-0.1, -0.05) is 6.07 Å². The van der Waals surface area contributed by atoms with Gasteiger partial charge in [0.05, 0.1) is 12.8 Å². The second-order valence-corrected chi connectivity index (χ2v) is 11.2. The smallest absolute Gasteiger partial charge is 0.250 e. The molecule has 8 heteroatoms. The molecule has 1 unspecified atom stereocenters. The summed E-state index contributed by atoms with van der Waals surface area (Å²) < 4.78 is 7.40. The summed E-state index contributed by atoms with van der Waals surface area (Å²) in [7, 11) is 0. The van der Waals surface area contributed by atoms with Crippen molar-refractivity contribution in [1.29, 1.82) is 0 Å². The van der Waals surface area contributed by atoms with Crippen LogP contribution in [0.15, 0.2) is 45.8 Å². The van der Waals surface area contributed by atoms with Crippen molar-refractivity contribution in [1.82, 2.24) is 25.0 Å². The number of fused-ring (bicyclic) bond motifs is 7. The fourth-order valence-corrected chi connectivity index (χ4v) is 7.15. The number of thiocarbonyl (C=S) groups is 1.